The fraction of sp³-hybridized carbons (Fsp3) is 0. The van der Waals surface area contributed by atoms with Crippen LogP contribution in [0.2, 0.25) is 0 Å². The van der Waals surface area contributed by atoms with E-state index in [4.69, 9.17) is 5.73 Å². The number of rotatable bonds is 2. The molecule has 0 saturated heterocycles. The van der Waals surface area contributed by atoms with Crippen LogP contribution in [-0.4, -0.2) is 11.0 Å². The number of hydrogen-bond acceptors (Lipinski definition) is 3. The molecule has 0 aliphatic rings. The lowest BCUT2D eigenvalue weighted by Gasteiger charge is -2.01. The lowest BCUT2D eigenvalue weighted by atomic mass is 10.3. The number of hydrogen-bond donors (Lipinski definition) is 2. The molecule has 0 aromatic heterocycles. The van der Waals surface area contributed by atoms with E-state index in [-0.39, 0.29) is 11.4 Å². The fourth-order valence-corrected chi connectivity index (χ4v) is 1.26. The van der Waals surface area contributed by atoms with Gasteiger partial charge in [0.05, 0.1) is 9.40 Å². The summed E-state index contributed by atoms with van der Waals surface area (Å²) in [6.07, 6.45) is 0. The highest BCUT2D eigenvalue weighted by Gasteiger charge is 2.12. The van der Waals surface area contributed by atoms with Crippen LogP contribution in [-0.2, 0) is 0 Å². The molecule has 0 radical (unpaired) electrons. The summed E-state index contributed by atoms with van der Waals surface area (Å²) in [6.45, 7) is 0. The summed E-state index contributed by atoms with van der Waals surface area (Å²) < 4.78 is 0.345. The van der Waals surface area contributed by atoms with Gasteiger partial charge < -0.3 is 11.1 Å². The number of nitrogens with zero attached hydrogens (tertiary/aromatic N) is 1. The number of amides is 2. The number of anilines is 1. The van der Waals surface area contributed by atoms with Gasteiger partial charge in [0.25, 0.3) is 5.69 Å². The Morgan fingerprint density at radius 1 is 1.57 bits per heavy atom. The maximum Gasteiger partial charge on any atom is 0.316 e. The molecule has 1 rings (SSSR count). The molecule has 0 heterocycles. The van der Waals surface area contributed by atoms with Gasteiger partial charge in [-0.2, -0.15) is 0 Å². The van der Waals surface area contributed by atoms with Crippen LogP contribution in [0.4, 0.5) is 16.2 Å². The molecule has 2 amide bonds. The zero-order chi connectivity index (χ0) is 10.7. The highest BCUT2D eigenvalue weighted by Crippen LogP contribution is 2.27. The predicted octanol–water partition coefficient (Wildman–Crippen LogP) is 1.85. The van der Waals surface area contributed by atoms with Gasteiger partial charge in [0.2, 0.25) is 0 Å². The van der Waals surface area contributed by atoms with Crippen molar-refractivity contribution in [3.05, 3.63) is 32.8 Å². The summed E-state index contributed by atoms with van der Waals surface area (Å²) in [4.78, 5) is 20.4. The van der Waals surface area contributed by atoms with E-state index in [1.54, 1.807) is 0 Å². The summed E-state index contributed by atoms with van der Waals surface area (Å²) in [5.74, 6) is 0. The number of carbonyl (C=O) groups is 1. The molecule has 1 aromatic carbocycles. The van der Waals surface area contributed by atoms with Crippen molar-refractivity contribution in [2.75, 3.05) is 5.32 Å². The van der Waals surface area contributed by atoms with Gasteiger partial charge in [-0.3, -0.25) is 10.1 Å². The molecule has 0 unspecified atom stereocenters. The first kappa shape index (κ1) is 10.5. The molecule has 3 N–H and O–H groups in total. The summed E-state index contributed by atoms with van der Waals surface area (Å²) in [5, 5.41) is 12.7. The normalized spacial score (nSPS) is 9.50. The number of nitro groups is 1. The molecular weight excluding hydrogens is 254 g/mol. The first-order valence-corrected chi connectivity index (χ1v) is 4.30. The van der Waals surface area contributed by atoms with Crippen molar-refractivity contribution in [2.45, 2.75) is 0 Å². The number of nitrogens with one attached hydrogen (secondary N) is 1. The monoisotopic (exact) mass is 259 g/mol. The summed E-state index contributed by atoms with van der Waals surface area (Å²) >= 11 is 3.01. The van der Waals surface area contributed by atoms with Gasteiger partial charge in [-0.15, -0.1) is 0 Å². The van der Waals surface area contributed by atoms with Crippen molar-refractivity contribution in [1.82, 2.24) is 0 Å². The third-order valence-corrected chi connectivity index (χ3v) is 2.08. The van der Waals surface area contributed by atoms with Crippen LogP contribution >= 0.6 is 15.9 Å². The van der Waals surface area contributed by atoms with Gasteiger partial charge in [0, 0.05) is 11.8 Å². The largest absolute Gasteiger partial charge is 0.351 e. The van der Waals surface area contributed by atoms with Gasteiger partial charge in [0.15, 0.2) is 0 Å². The minimum absolute atomic E-state index is 0.128. The SMILES string of the molecule is NC(=O)Nc1ccc(Br)c([N+](=O)[O-])c1. The number of carbonyl (C=O) groups excluding carboxylic acids is 1. The lowest BCUT2D eigenvalue weighted by Crippen LogP contribution is -2.19. The Bertz CT molecular complexity index is 394. The van der Waals surface area contributed by atoms with Gasteiger partial charge in [-0.1, -0.05) is 0 Å². The molecule has 0 bridgehead atoms. The minimum Gasteiger partial charge on any atom is -0.351 e. The van der Waals surface area contributed by atoms with Crippen molar-refractivity contribution in [1.29, 1.82) is 0 Å². The van der Waals surface area contributed by atoms with E-state index in [2.05, 4.69) is 21.2 Å². The maximum absolute atomic E-state index is 10.5. The minimum atomic E-state index is -0.762. The number of nitrogens with two attached hydrogens (primary N) is 1. The van der Waals surface area contributed by atoms with Crippen LogP contribution in [0.25, 0.3) is 0 Å². The molecule has 0 saturated carbocycles. The quantitative estimate of drug-likeness (QED) is 0.626. The molecule has 0 spiro atoms. The van der Waals surface area contributed by atoms with Crippen molar-refractivity contribution < 1.29 is 9.72 Å². The van der Waals surface area contributed by atoms with E-state index in [9.17, 15) is 14.9 Å². The standard InChI is InChI=1S/C7H6BrN3O3/c8-5-2-1-4(10-7(9)12)3-6(5)11(13)14/h1-3H,(H3,9,10,12). The Balaban J connectivity index is 3.06. The maximum atomic E-state index is 10.5. The summed E-state index contributed by atoms with van der Waals surface area (Å²) in [7, 11) is 0. The lowest BCUT2D eigenvalue weighted by molar-refractivity contribution is -0.385. The molecule has 1 aromatic rings. The number of benzene rings is 1. The molecule has 0 atom stereocenters. The fourth-order valence-electron chi connectivity index (χ4n) is 0.873. The second-order valence-electron chi connectivity index (χ2n) is 2.41. The second-order valence-corrected chi connectivity index (χ2v) is 3.27. The van der Waals surface area contributed by atoms with Gasteiger partial charge in [0.1, 0.15) is 0 Å². The van der Waals surface area contributed by atoms with E-state index in [1.807, 2.05) is 0 Å². The molecule has 0 aliphatic heterocycles. The Hall–Kier alpha value is -1.63. The van der Waals surface area contributed by atoms with Crippen LogP contribution in [0.5, 0.6) is 0 Å². The van der Waals surface area contributed by atoms with E-state index >= 15 is 0 Å². The van der Waals surface area contributed by atoms with Gasteiger partial charge in [-0.25, -0.2) is 4.79 Å². The average Bonchev–Trinajstić information content (AvgIpc) is 2.07. The van der Waals surface area contributed by atoms with E-state index in [0.29, 0.717) is 4.47 Å². The molecule has 14 heavy (non-hydrogen) atoms. The Morgan fingerprint density at radius 3 is 2.71 bits per heavy atom. The Morgan fingerprint density at radius 2 is 2.21 bits per heavy atom. The van der Waals surface area contributed by atoms with Crippen molar-refractivity contribution in [3.8, 4) is 0 Å². The molecule has 74 valence electrons. The van der Waals surface area contributed by atoms with Crippen LogP contribution in [0.3, 0.4) is 0 Å². The Labute approximate surface area is 87.4 Å². The molecule has 0 aliphatic carbocycles. The van der Waals surface area contributed by atoms with Gasteiger partial charge >= 0.3 is 6.03 Å². The van der Waals surface area contributed by atoms with E-state index < -0.39 is 11.0 Å². The third kappa shape index (κ3) is 2.43. The van der Waals surface area contributed by atoms with Crippen LogP contribution in [0.1, 0.15) is 0 Å². The van der Waals surface area contributed by atoms with Crippen LogP contribution in [0.15, 0.2) is 22.7 Å². The third-order valence-electron chi connectivity index (χ3n) is 1.41. The summed E-state index contributed by atoms with van der Waals surface area (Å²) in [5.41, 5.74) is 5.01. The predicted molar refractivity (Wildman–Crippen MR) is 54.0 cm³/mol. The topological polar surface area (TPSA) is 98.3 Å². The van der Waals surface area contributed by atoms with Crippen LogP contribution < -0.4 is 11.1 Å². The highest BCUT2D eigenvalue weighted by atomic mass is 79.9. The van der Waals surface area contributed by atoms with Crippen molar-refractivity contribution in [3.63, 3.8) is 0 Å². The first-order chi connectivity index (χ1) is 6.50. The van der Waals surface area contributed by atoms with E-state index in [1.165, 1.54) is 18.2 Å². The van der Waals surface area contributed by atoms with Crippen molar-refractivity contribution >= 4 is 33.3 Å². The number of nitro benzene ring substituents is 1. The second kappa shape index (κ2) is 4.05. The summed E-state index contributed by atoms with van der Waals surface area (Å²) in [6, 6.07) is 3.42. The molecule has 0 fully saturated rings. The molecular formula is C7H6BrN3O3. The smallest absolute Gasteiger partial charge is 0.316 e. The highest BCUT2D eigenvalue weighted by molar-refractivity contribution is 9.10. The first-order valence-electron chi connectivity index (χ1n) is 3.51. The number of urea groups is 1. The zero-order valence-corrected chi connectivity index (χ0v) is 8.45. The number of halogens is 1. The number of primary amides is 1. The van der Waals surface area contributed by atoms with Crippen molar-refractivity contribution in [2.24, 2.45) is 5.73 Å². The average molecular weight is 260 g/mol. The molecule has 7 heteroatoms. The van der Waals surface area contributed by atoms with Gasteiger partial charge in [-0.05, 0) is 28.1 Å². The van der Waals surface area contributed by atoms with E-state index in [0.717, 1.165) is 0 Å². The Kier molecular flexibility index (Phi) is 3.03. The van der Waals surface area contributed by atoms with Crippen LogP contribution in [0, 0.1) is 10.1 Å². The zero-order valence-electron chi connectivity index (χ0n) is 6.86. The molecule has 6 nitrogen and oxygen atoms in total.